The Morgan fingerprint density at radius 2 is 1.35 bits per heavy atom. The van der Waals surface area contributed by atoms with Gasteiger partial charge >= 0.3 is 0 Å². The number of thiazole rings is 1. The fraction of sp³-hybridized carbons (Fsp3) is 0.231. The summed E-state index contributed by atoms with van der Waals surface area (Å²) in [6, 6.07) is 28.7. The van der Waals surface area contributed by atoms with Gasteiger partial charge < -0.3 is 4.90 Å². The number of hydrogen-bond acceptors (Lipinski definition) is 5. The number of anilines is 1. The van der Waals surface area contributed by atoms with E-state index >= 15 is 0 Å². The van der Waals surface area contributed by atoms with Crippen molar-refractivity contribution in [2.45, 2.75) is 12.5 Å². The largest absolute Gasteiger partial charge is 0.345 e. The van der Waals surface area contributed by atoms with Crippen LogP contribution in [0.5, 0.6) is 0 Å². The number of para-hydroxylation sites is 1. The van der Waals surface area contributed by atoms with Gasteiger partial charge in [0.2, 0.25) is 0 Å². The van der Waals surface area contributed by atoms with Gasteiger partial charge in [-0.3, -0.25) is 9.69 Å². The molecule has 0 atom stereocenters. The molecule has 0 spiro atoms. The van der Waals surface area contributed by atoms with Crippen LogP contribution < -0.4 is 4.90 Å². The quantitative estimate of drug-likeness (QED) is 0.452. The molecule has 1 aliphatic rings. The zero-order valence-electron chi connectivity index (χ0n) is 17.6. The fourth-order valence-corrected chi connectivity index (χ4v) is 5.77. The number of rotatable bonds is 5. The van der Waals surface area contributed by atoms with E-state index in [9.17, 15) is 4.79 Å². The molecule has 0 amide bonds. The average molecular weight is 428 g/mol. The predicted octanol–water partition coefficient (Wildman–Crippen LogP) is 4.95. The molecule has 1 aliphatic heterocycles. The van der Waals surface area contributed by atoms with Gasteiger partial charge in [-0.2, -0.15) is 0 Å². The van der Waals surface area contributed by atoms with Crippen LogP contribution in [0, 0.1) is 0 Å². The molecule has 1 saturated heterocycles. The Labute approximate surface area is 186 Å². The van der Waals surface area contributed by atoms with Crippen molar-refractivity contribution in [2.24, 2.45) is 0 Å². The molecule has 2 heterocycles. The van der Waals surface area contributed by atoms with Crippen LogP contribution in [0.15, 0.2) is 84.9 Å². The molecule has 5 heteroatoms. The maximum Gasteiger partial charge on any atom is 0.186 e. The molecule has 1 aromatic heterocycles. The summed E-state index contributed by atoms with van der Waals surface area (Å²) in [5.41, 5.74) is 2.34. The molecule has 0 aliphatic carbocycles. The average Bonchev–Trinajstić information content (AvgIpc) is 3.26. The van der Waals surface area contributed by atoms with Crippen LogP contribution in [0.2, 0.25) is 0 Å². The summed E-state index contributed by atoms with van der Waals surface area (Å²) in [6.45, 7) is 4.99. The number of Topliss-reactive ketones (excluding diaryl/α,β-unsaturated/α-hetero) is 1. The second-order valence-corrected chi connectivity index (χ2v) is 8.95. The smallest absolute Gasteiger partial charge is 0.186 e. The Kier molecular flexibility index (Phi) is 5.30. The minimum atomic E-state index is -0.776. The molecular formula is C26H25N3OS. The molecule has 156 valence electrons. The molecule has 5 rings (SSSR count). The third-order valence-corrected chi connectivity index (χ3v) is 7.30. The first-order chi connectivity index (χ1) is 15.2. The molecule has 1 fully saturated rings. The lowest BCUT2D eigenvalue weighted by Gasteiger charge is -2.47. The van der Waals surface area contributed by atoms with E-state index in [0.717, 1.165) is 48.0 Å². The molecule has 0 saturated carbocycles. The van der Waals surface area contributed by atoms with Crippen LogP contribution in [-0.2, 0) is 10.3 Å². The summed E-state index contributed by atoms with van der Waals surface area (Å²) >= 11 is 1.74. The number of nitrogens with zero attached hydrogens (tertiary/aromatic N) is 3. The molecule has 0 radical (unpaired) electrons. The van der Waals surface area contributed by atoms with Gasteiger partial charge in [0.25, 0.3) is 0 Å². The van der Waals surface area contributed by atoms with Crippen molar-refractivity contribution in [1.82, 2.24) is 9.88 Å². The number of carbonyl (C=O) groups excluding carboxylic acids is 1. The van der Waals surface area contributed by atoms with E-state index in [1.807, 2.05) is 42.5 Å². The first-order valence-electron chi connectivity index (χ1n) is 10.7. The van der Waals surface area contributed by atoms with Gasteiger partial charge in [0.1, 0.15) is 5.54 Å². The van der Waals surface area contributed by atoms with E-state index in [1.165, 1.54) is 4.70 Å². The summed E-state index contributed by atoms with van der Waals surface area (Å²) in [5, 5.41) is 1.06. The van der Waals surface area contributed by atoms with E-state index < -0.39 is 5.54 Å². The molecule has 0 bridgehead atoms. The van der Waals surface area contributed by atoms with Crippen molar-refractivity contribution in [2.75, 3.05) is 31.1 Å². The van der Waals surface area contributed by atoms with E-state index in [4.69, 9.17) is 4.98 Å². The highest BCUT2D eigenvalue weighted by Crippen LogP contribution is 2.38. The highest BCUT2D eigenvalue weighted by molar-refractivity contribution is 7.22. The lowest BCUT2D eigenvalue weighted by atomic mass is 9.77. The van der Waals surface area contributed by atoms with E-state index in [1.54, 1.807) is 18.3 Å². The summed E-state index contributed by atoms with van der Waals surface area (Å²) in [7, 11) is 0. The lowest BCUT2D eigenvalue weighted by molar-refractivity contribution is -0.127. The Morgan fingerprint density at radius 1 is 0.806 bits per heavy atom. The van der Waals surface area contributed by atoms with E-state index in [-0.39, 0.29) is 5.78 Å². The summed E-state index contributed by atoms with van der Waals surface area (Å²) in [4.78, 5) is 22.9. The molecule has 31 heavy (non-hydrogen) atoms. The molecule has 0 N–H and O–H groups in total. The minimum absolute atomic E-state index is 0.151. The van der Waals surface area contributed by atoms with Crippen LogP contribution in [-0.4, -0.2) is 41.8 Å². The van der Waals surface area contributed by atoms with E-state index in [0.29, 0.717) is 0 Å². The van der Waals surface area contributed by atoms with Gasteiger partial charge in [0, 0.05) is 26.2 Å². The number of piperazine rings is 1. The Bertz CT molecular complexity index is 1110. The standard InChI is InChI=1S/C26H25N3OS/c1-20(30)26(21-10-4-2-5-11-21,22-12-6-3-7-13-22)29-18-16-28(17-19-29)25-27-23-14-8-9-15-24(23)31-25/h2-15H,16-19H2,1H3. The zero-order valence-corrected chi connectivity index (χ0v) is 18.4. The topological polar surface area (TPSA) is 36.4 Å². The lowest BCUT2D eigenvalue weighted by Crippen LogP contribution is -2.59. The van der Waals surface area contributed by atoms with Crippen LogP contribution in [0.3, 0.4) is 0 Å². The molecular weight excluding hydrogens is 402 g/mol. The van der Waals surface area contributed by atoms with Crippen LogP contribution in [0.1, 0.15) is 18.1 Å². The molecule has 4 nitrogen and oxygen atoms in total. The molecule has 4 aromatic rings. The Morgan fingerprint density at radius 3 is 1.90 bits per heavy atom. The number of aromatic nitrogens is 1. The third kappa shape index (κ3) is 3.44. The third-order valence-electron chi connectivity index (χ3n) is 6.20. The Balaban J connectivity index is 1.49. The van der Waals surface area contributed by atoms with E-state index in [2.05, 4.69) is 52.3 Å². The highest BCUT2D eigenvalue weighted by Gasteiger charge is 2.45. The molecule has 3 aromatic carbocycles. The predicted molar refractivity (Wildman–Crippen MR) is 128 cm³/mol. The van der Waals surface area contributed by atoms with Crippen molar-refractivity contribution in [3.8, 4) is 0 Å². The van der Waals surface area contributed by atoms with Gasteiger partial charge in [-0.1, -0.05) is 84.1 Å². The summed E-state index contributed by atoms with van der Waals surface area (Å²) in [5.74, 6) is 0.151. The van der Waals surface area contributed by atoms with Crippen molar-refractivity contribution < 1.29 is 4.79 Å². The SMILES string of the molecule is CC(=O)C(c1ccccc1)(c1ccccc1)N1CCN(c2nc3ccccc3s2)CC1. The van der Waals surface area contributed by atoms with Crippen LogP contribution in [0.4, 0.5) is 5.13 Å². The van der Waals surface area contributed by atoms with Gasteiger partial charge in [-0.05, 0) is 30.2 Å². The fourth-order valence-electron chi connectivity index (χ4n) is 4.75. The second-order valence-electron chi connectivity index (χ2n) is 7.94. The van der Waals surface area contributed by atoms with Gasteiger partial charge in [0.15, 0.2) is 10.9 Å². The summed E-state index contributed by atoms with van der Waals surface area (Å²) in [6.07, 6.45) is 0. The maximum atomic E-state index is 13.4. The number of fused-ring (bicyclic) bond motifs is 1. The highest BCUT2D eigenvalue weighted by atomic mass is 32.1. The normalized spacial score (nSPS) is 15.3. The van der Waals surface area contributed by atoms with Crippen LogP contribution >= 0.6 is 11.3 Å². The zero-order chi connectivity index (χ0) is 21.3. The number of hydrogen-bond donors (Lipinski definition) is 0. The molecule has 0 unspecified atom stereocenters. The Hall–Kier alpha value is -3.02. The number of carbonyl (C=O) groups is 1. The number of benzene rings is 3. The number of ketones is 1. The first-order valence-corrected chi connectivity index (χ1v) is 11.5. The van der Waals surface area contributed by atoms with Gasteiger partial charge in [0.05, 0.1) is 10.2 Å². The van der Waals surface area contributed by atoms with Crippen molar-refractivity contribution in [3.05, 3.63) is 96.1 Å². The van der Waals surface area contributed by atoms with Crippen molar-refractivity contribution in [3.63, 3.8) is 0 Å². The minimum Gasteiger partial charge on any atom is -0.345 e. The summed E-state index contributed by atoms with van der Waals surface area (Å²) < 4.78 is 1.21. The van der Waals surface area contributed by atoms with Crippen molar-refractivity contribution >= 4 is 32.5 Å². The monoisotopic (exact) mass is 427 g/mol. The second kappa shape index (κ2) is 8.25. The van der Waals surface area contributed by atoms with Crippen LogP contribution in [0.25, 0.3) is 10.2 Å². The van der Waals surface area contributed by atoms with Gasteiger partial charge in [-0.15, -0.1) is 0 Å². The maximum absolute atomic E-state index is 13.4. The van der Waals surface area contributed by atoms with Gasteiger partial charge in [-0.25, -0.2) is 4.98 Å². The first kappa shape index (κ1) is 19.9. The van der Waals surface area contributed by atoms with Crippen molar-refractivity contribution in [1.29, 1.82) is 0 Å².